The normalized spacial score (nSPS) is 20.5. The van der Waals surface area contributed by atoms with Gasteiger partial charge in [0.1, 0.15) is 6.17 Å². The number of likely N-dealkylation sites (N-methyl/N-ethyl adjacent to an activating group) is 1. The van der Waals surface area contributed by atoms with Crippen LogP contribution in [0.4, 0.5) is 0 Å². The summed E-state index contributed by atoms with van der Waals surface area (Å²) in [5.74, 6) is 0.202. The summed E-state index contributed by atoms with van der Waals surface area (Å²) in [7, 11) is 2.08. The molecule has 2 heterocycles. The molecule has 0 spiro atoms. The highest BCUT2D eigenvalue weighted by Crippen LogP contribution is 2.25. The predicted octanol–water partition coefficient (Wildman–Crippen LogP) is 1.13. The van der Waals surface area contributed by atoms with Crippen molar-refractivity contribution in [3.05, 3.63) is 22.4 Å². The molecule has 0 saturated carbocycles. The van der Waals surface area contributed by atoms with Crippen LogP contribution in [0.1, 0.15) is 18.0 Å². The Bertz CT molecular complexity index is 366. The van der Waals surface area contributed by atoms with Crippen molar-refractivity contribution in [3.63, 3.8) is 0 Å². The maximum Gasteiger partial charge on any atom is 0.238 e. The third-order valence-electron chi connectivity index (χ3n) is 3.15. The highest BCUT2D eigenvalue weighted by Gasteiger charge is 2.31. The summed E-state index contributed by atoms with van der Waals surface area (Å²) >= 11 is 1.70. The van der Waals surface area contributed by atoms with Gasteiger partial charge in [-0.3, -0.25) is 10.1 Å². The van der Waals surface area contributed by atoms with Crippen LogP contribution in [0, 0.1) is 0 Å². The van der Waals surface area contributed by atoms with Crippen molar-refractivity contribution in [3.8, 4) is 0 Å². The van der Waals surface area contributed by atoms with Gasteiger partial charge in [0.25, 0.3) is 0 Å². The zero-order chi connectivity index (χ0) is 12.3. The average Bonchev–Trinajstić information content (AvgIpc) is 2.95. The lowest BCUT2D eigenvalue weighted by Crippen LogP contribution is -2.36. The molecular weight excluding hydrogens is 234 g/mol. The van der Waals surface area contributed by atoms with Gasteiger partial charge in [-0.15, -0.1) is 11.3 Å². The Morgan fingerprint density at radius 1 is 1.65 bits per heavy atom. The molecule has 17 heavy (non-hydrogen) atoms. The van der Waals surface area contributed by atoms with E-state index in [1.54, 1.807) is 11.3 Å². The van der Waals surface area contributed by atoms with E-state index in [0.717, 1.165) is 19.6 Å². The highest BCUT2D eigenvalue weighted by atomic mass is 32.1. The molecule has 5 heteroatoms. The minimum absolute atomic E-state index is 0.0766. The monoisotopic (exact) mass is 253 g/mol. The summed E-state index contributed by atoms with van der Waals surface area (Å²) in [6.45, 7) is 5.31. The summed E-state index contributed by atoms with van der Waals surface area (Å²) in [6, 6.07) is 4.11. The molecular formula is C12H19N3OS. The molecule has 0 aromatic carbocycles. The van der Waals surface area contributed by atoms with E-state index in [9.17, 15) is 4.79 Å². The third kappa shape index (κ3) is 2.86. The summed E-state index contributed by atoms with van der Waals surface area (Å²) < 4.78 is 0. The van der Waals surface area contributed by atoms with Gasteiger partial charge >= 0.3 is 0 Å². The minimum Gasteiger partial charge on any atom is -0.320 e. The van der Waals surface area contributed by atoms with Crippen LogP contribution in [-0.2, 0) is 4.79 Å². The molecule has 0 bridgehead atoms. The Balaban J connectivity index is 1.99. The molecule has 1 aromatic rings. The van der Waals surface area contributed by atoms with Crippen LogP contribution in [-0.4, -0.2) is 48.9 Å². The van der Waals surface area contributed by atoms with E-state index in [1.807, 2.05) is 11.0 Å². The van der Waals surface area contributed by atoms with Crippen molar-refractivity contribution in [2.75, 3.05) is 33.2 Å². The number of rotatable bonds is 5. The van der Waals surface area contributed by atoms with Gasteiger partial charge in [0.2, 0.25) is 5.91 Å². The number of thiophene rings is 1. The SMILES string of the molecule is CCN(C)CCN1C(=O)CNC1c1cccs1. The van der Waals surface area contributed by atoms with Crippen LogP contribution in [0.15, 0.2) is 17.5 Å². The number of carbonyl (C=O) groups is 1. The third-order valence-corrected chi connectivity index (χ3v) is 4.08. The van der Waals surface area contributed by atoms with E-state index in [1.165, 1.54) is 4.88 Å². The molecule has 4 nitrogen and oxygen atoms in total. The minimum atomic E-state index is 0.0766. The lowest BCUT2D eigenvalue weighted by Gasteiger charge is -2.25. The number of nitrogens with zero attached hydrogens (tertiary/aromatic N) is 2. The first-order valence-corrected chi connectivity index (χ1v) is 6.85. The van der Waals surface area contributed by atoms with E-state index in [4.69, 9.17) is 0 Å². The summed E-state index contributed by atoms with van der Waals surface area (Å²) in [6.07, 6.45) is 0.0766. The molecule has 1 aromatic heterocycles. The van der Waals surface area contributed by atoms with Crippen molar-refractivity contribution < 1.29 is 4.79 Å². The second kappa shape index (κ2) is 5.62. The fourth-order valence-corrected chi connectivity index (χ4v) is 2.74. The van der Waals surface area contributed by atoms with Crippen LogP contribution in [0.25, 0.3) is 0 Å². The van der Waals surface area contributed by atoms with E-state index < -0.39 is 0 Å². The van der Waals surface area contributed by atoms with Crippen LogP contribution < -0.4 is 5.32 Å². The molecule has 1 aliphatic rings. The van der Waals surface area contributed by atoms with Gasteiger partial charge < -0.3 is 9.80 Å². The first-order chi connectivity index (χ1) is 8.22. The summed E-state index contributed by atoms with van der Waals surface area (Å²) in [4.78, 5) is 17.2. The fraction of sp³-hybridized carbons (Fsp3) is 0.583. The standard InChI is InChI=1S/C12H19N3OS/c1-3-14(2)6-7-15-11(16)9-13-12(15)10-5-4-8-17-10/h4-5,8,12-13H,3,6-7,9H2,1-2H3. The molecule has 0 radical (unpaired) electrons. The van der Waals surface area contributed by atoms with Crippen LogP contribution >= 0.6 is 11.3 Å². The van der Waals surface area contributed by atoms with Crippen LogP contribution in [0.5, 0.6) is 0 Å². The van der Waals surface area contributed by atoms with Crippen molar-refractivity contribution in [2.45, 2.75) is 13.1 Å². The molecule has 1 unspecified atom stereocenters. The van der Waals surface area contributed by atoms with Crippen molar-refractivity contribution in [1.29, 1.82) is 0 Å². The predicted molar refractivity (Wildman–Crippen MR) is 69.9 cm³/mol. The second-order valence-electron chi connectivity index (χ2n) is 4.28. The smallest absolute Gasteiger partial charge is 0.238 e. The van der Waals surface area contributed by atoms with E-state index >= 15 is 0 Å². The molecule has 1 amide bonds. The number of hydrogen-bond donors (Lipinski definition) is 1. The fourth-order valence-electron chi connectivity index (χ4n) is 1.93. The zero-order valence-electron chi connectivity index (χ0n) is 10.3. The quantitative estimate of drug-likeness (QED) is 0.854. The summed E-state index contributed by atoms with van der Waals surface area (Å²) in [5, 5.41) is 5.32. The number of amides is 1. The maximum absolute atomic E-state index is 11.8. The largest absolute Gasteiger partial charge is 0.320 e. The molecule has 1 saturated heterocycles. The van der Waals surface area contributed by atoms with E-state index in [2.05, 4.69) is 35.6 Å². The summed E-state index contributed by atoms with van der Waals surface area (Å²) in [5.41, 5.74) is 0. The molecule has 1 N–H and O–H groups in total. The molecule has 94 valence electrons. The lowest BCUT2D eigenvalue weighted by atomic mass is 10.3. The van der Waals surface area contributed by atoms with Gasteiger partial charge in [0.15, 0.2) is 0 Å². The van der Waals surface area contributed by atoms with E-state index in [0.29, 0.717) is 6.54 Å². The highest BCUT2D eigenvalue weighted by molar-refractivity contribution is 7.10. The number of carbonyl (C=O) groups excluding carboxylic acids is 1. The van der Waals surface area contributed by atoms with Gasteiger partial charge in [0, 0.05) is 18.0 Å². The molecule has 0 aliphatic carbocycles. The van der Waals surface area contributed by atoms with Crippen molar-refractivity contribution in [2.24, 2.45) is 0 Å². The van der Waals surface area contributed by atoms with Crippen molar-refractivity contribution >= 4 is 17.2 Å². The Hall–Kier alpha value is -0.910. The number of hydrogen-bond acceptors (Lipinski definition) is 4. The van der Waals surface area contributed by atoms with Crippen LogP contribution in [0.3, 0.4) is 0 Å². The Morgan fingerprint density at radius 3 is 3.12 bits per heavy atom. The molecule has 1 aliphatic heterocycles. The lowest BCUT2D eigenvalue weighted by molar-refractivity contribution is -0.128. The van der Waals surface area contributed by atoms with Gasteiger partial charge in [-0.05, 0) is 25.0 Å². The maximum atomic E-state index is 11.8. The molecule has 2 rings (SSSR count). The van der Waals surface area contributed by atoms with Gasteiger partial charge in [0.05, 0.1) is 6.54 Å². The first-order valence-electron chi connectivity index (χ1n) is 5.97. The van der Waals surface area contributed by atoms with Crippen molar-refractivity contribution in [1.82, 2.24) is 15.1 Å². The Kier molecular flexibility index (Phi) is 4.15. The van der Waals surface area contributed by atoms with Gasteiger partial charge in [-0.25, -0.2) is 0 Å². The topological polar surface area (TPSA) is 35.6 Å². The van der Waals surface area contributed by atoms with Gasteiger partial charge in [-0.2, -0.15) is 0 Å². The zero-order valence-corrected chi connectivity index (χ0v) is 11.2. The molecule has 1 fully saturated rings. The molecule has 1 atom stereocenters. The first kappa shape index (κ1) is 12.5. The Labute approximate surface area is 106 Å². The van der Waals surface area contributed by atoms with E-state index in [-0.39, 0.29) is 12.1 Å². The van der Waals surface area contributed by atoms with Crippen LogP contribution in [0.2, 0.25) is 0 Å². The average molecular weight is 253 g/mol. The number of nitrogens with one attached hydrogen (secondary N) is 1. The second-order valence-corrected chi connectivity index (χ2v) is 5.26. The van der Waals surface area contributed by atoms with Gasteiger partial charge in [-0.1, -0.05) is 13.0 Å². The Morgan fingerprint density at radius 2 is 2.47 bits per heavy atom.